The van der Waals surface area contributed by atoms with Gasteiger partial charge in [0.15, 0.2) is 5.25 Å². The molecule has 1 atom stereocenters. The Kier molecular flexibility index (Phi) is 4.53. The van der Waals surface area contributed by atoms with Crippen molar-refractivity contribution in [2.75, 3.05) is 6.54 Å². The largest absolute Gasteiger partial charge is 0.389 e. The smallest absolute Gasteiger partial charge is 0.227 e. The van der Waals surface area contributed by atoms with Crippen LogP contribution in [-0.4, -0.2) is 30.9 Å². The van der Waals surface area contributed by atoms with Crippen LogP contribution in [0.3, 0.4) is 0 Å². The van der Waals surface area contributed by atoms with Gasteiger partial charge < -0.3 is 5.11 Å². The van der Waals surface area contributed by atoms with Gasteiger partial charge in [0.2, 0.25) is 10.0 Å². The van der Waals surface area contributed by atoms with E-state index in [2.05, 4.69) is 11.6 Å². The predicted molar refractivity (Wildman–Crippen MR) is 64.6 cm³/mol. The lowest BCUT2D eigenvalue weighted by molar-refractivity contribution is -0.00184. The SMILES string of the molecule is CC1CCC(O)(CNS(=O)(=O)C(C)C#N)CC1. The molecule has 1 saturated carbocycles. The molecule has 5 nitrogen and oxygen atoms in total. The summed E-state index contributed by atoms with van der Waals surface area (Å²) in [5, 5.41) is 17.7. The van der Waals surface area contributed by atoms with Gasteiger partial charge >= 0.3 is 0 Å². The van der Waals surface area contributed by atoms with Gasteiger partial charge in [-0.15, -0.1) is 0 Å². The molecule has 1 aliphatic rings. The lowest BCUT2D eigenvalue weighted by Crippen LogP contribution is -2.46. The van der Waals surface area contributed by atoms with Gasteiger partial charge in [-0.2, -0.15) is 5.26 Å². The molecule has 0 aromatic carbocycles. The van der Waals surface area contributed by atoms with Crippen LogP contribution in [0.2, 0.25) is 0 Å². The molecular formula is C11H20N2O3S. The van der Waals surface area contributed by atoms with E-state index in [1.807, 2.05) is 0 Å². The van der Waals surface area contributed by atoms with Gasteiger partial charge in [-0.1, -0.05) is 6.92 Å². The second-order valence-electron chi connectivity index (χ2n) is 5.04. The molecule has 1 rings (SSSR count). The zero-order chi connectivity index (χ0) is 13.1. The third kappa shape index (κ3) is 3.95. The molecular weight excluding hydrogens is 240 g/mol. The first-order valence-electron chi connectivity index (χ1n) is 5.89. The number of nitriles is 1. The van der Waals surface area contributed by atoms with Crippen LogP contribution in [0.1, 0.15) is 39.5 Å². The van der Waals surface area contributed by atoms with Crippen LogP contribution < -0.4 is 4.72 Å². The molecule has 2 N–H and O–H groups in total. The average Bonchev–Trinajstić information content (AvgIpc) is 2.30. The first kappa shape index (κ1) is 14.4. The number of nitrogens with zero attached hydrogens (tertiary/aromatic N) is 1. The van der Waals surface area contributed by atoms with Crippen molar-refractivity contribution in [3.63, 3.8) is 0 Å². The molecule has 0 heterocycles. The van der Waals surface area contributed by atoms with Gasteiger partial charge in [0, 0.05) is 6.54 Å². The first-order valence-corrected chi connectivity index (χ1v) is 7.44. The van der Waals surface area contributed by atoms with E-state index in [4.69, 9.17) is 5.26 Å². The maximum absolute atomic E-state index is 11.6. The molecule has 0 saturated heterocycles. The minimum atomic E-state index is -3.63. The van der Waals surface area contributed by atoms with Crippen LogP contribution in [0.5, 0.6) is 0 Å². The second kappa shape index (κ2) is 5.34. The zero-order valence-corrected chi connectivity index (χ0v) is 11.1. The van der Waals surface area contributed by atoms with Crippen LogP contribution in [0.4, 0.5) is 0 Å². The molecule has 0 amide bonds. The Balaban J connectivity index is 2.54. The molecule has 1 unspecified atom stereocenters. The van der Waals surface area contributed by atoms with E-state index in [-0.39, 0.29) is 6.54 Å². The lowest BCUT2D eigenvalue weighted by Gasteiger charge is -2.34. The highest BCUT2D eigenvalue weighted by molar-refractivity contribution is 7.90. The quantitative estimate of drug-likeness (QED) is 0.780. The maximum atomic E-state index is 11.6. The fourth-order valence-electron chi connectivity index (χ4n) is 1.91. The van der Waals surface area contributed by atoms with Gasteiger partial charge in [0.1, 0.15) is 0 Å². The molecule has 17 heavy (non-hydrogen) atoms. The van der Waals surface area contributed by atoms with Crippen molar-refractivity contribution in [2.24, 2.45) is 5.92 Å². The highest BCUT2D eigenvalue weighted by Crippen LogP contribution is 2.31. The number of hydrogen-bond acceptors (Lipinski definition) is 4. The van der Waals surface area contributed by atoms with Crippen molar-refractivity contribution in [1.29, 1.82) is 5.26 Å². The summed E-state index contributed by atoms with van der Waals surface area (Å²) in [5.74, 6) is 0.588. The number of sulfonamides is 1. The van der Waals surface area contributed by atoms with E-state index >= 15 is 0 Å². The molecule has 0 aliphatic heterocycles. The van der Waals surface area contributed by atoms with Gasteiger partial charge in [-0.3, -0.25) is 0 Å². The Morgan fingerprint density at radius 2 is 2.06 bits per heavy atom. The molecule has 98 valence electrons. The molecule has 0 bridgehead atoms. The summed E-state index contributed by atoms with van der Waals surface area (Å²) in [6.07, 6.45) is 3.04. The summed E-state index contributed by atoms with van der Waals surface area (Å²) >= 11 is 0. The summed E-state index contributed by atoms with van der Waals surface area (Å²) < 4.78 is 25.5. The summed E-state index contributed by atoms with van der Waals surface area (Å²) in [5.41, 5.74) is -0.950. The van der Waals surface area contributed by atoms with E-state index in [0.717, 1.165) is 12.8 Å². The highest BCUT2D eigenvalue weighted by atomic mass is 32.2. The van der Waals surface area contributed by atoms with Gasteiger partial charge in [0.25, 0.3) is 0 Å². The molecule has 6 heteroatoms. The molecule has 1 aliphatic carbocycles. The number of nitrogens with one attached hydrogen (secondary N) is 1. The van der Waals surface area contributed by atoms with E-state index in [1.165, 1.54) is 6.92 Å². The highest BCUT2D eigenvalue weighted by Gasteiger charge is 2.33. The van der Waals surface area contributed by atoms with E-state index in [1.54, 1.807) is 6.07 Å². The third-order valence-electron chi connectivity index (χ3n) is 3.45. The zero-order valence-electron chi connectivity index (χ0n) is 10.3. The monoisotopic (exact) mass is 260 g/mol. The Morgan fingerprint density at radius 3 is 2.53 bits per heavy atom. The second-order valence-corrected chi connectivity index (χ2v) is 7.13. The van der Waals surface area contributed by atoms with Gasteiger partial charge in [-0.25, -0.2) is 13.1 Å². The standard InChI is InChI=1S/C11H20N2O3S/c1-9-3-5-11(14,6-4-9)8-13-17(15,16)10(2)7-12/h9-10,13-14H,3-6,8H2,1-2H3. The summed E-state index contributed by atoms with van der Waals surface area (Å²) in [7, 11) is -3.63. The number of hydrogen-bond donors (Lipinski definition) is 2. The van der Waals surface area contributed by atoms with E-state index < -0.39 is 20.9 Å². The van der Waals surface area contributed by atoms with Gasteiger partial charge in [-0.05, 0) is 38.5 Å². The minimum absolute atomic E-state index is 0.00801. The molecule has 0 spiro atoms. The number of rotatable bonds is 4. The van der Waals surface area contributed by atoms with Crippen molar-refractivity contribution in [3.05, 3.63) is 0 Å². The Labute approximate surface area is 103 Å². The predicted octanol–water partition coefficient (Wildman–Crippen LogP) is 0.759. The molecule has 1 fully saturated rings. The fourth-order valence-corrected chi connectivity index (χ4v) is 2.76. The molecule has 0 aromatic rings. The van der Waals surface area contributed by atoms with Crippen LogP contribution in [0.25, 0.3) is 0 Å². The van der Waals surface area contributed by atoms with Gasteiger partial charge in [0.05, 0.1) is 11.7 Å². The summed E-state index contributed by atoms with van der Waals surface area (Å²) in [4.78, 5) is 0. The Morgan fingerprint density at radius 1 is 1.53 bits per heavy atom. The Hall–Kier alpha value is -0.640. The first-order chi connectivity index (χ1) is 7.79. The van der Waals surface area contributed by atoms with E-state index in [9.17, 15) is 13.5 Å². The lowest BCUT2D eigenvalue weighted by atomic mass is 9.80. The summed E-state index contributed by atoms with van der Waals surface area (Å²) in [6, 6.07) is 1.68. The topological polar surface area (TPSA) is 90.2 Å². The van der Waals surface area contributed by atoms with Crippen molar-refractivity contribution < 1.29 is 13.5 Å². The van der Waals surface area contributed by atoms with Crippen molar-refractivity contribution >= 4 is 10.0 Å². The summed E-state index contributed by atoms with van der Waals surface area (Å²) in [6.45, 7) is 3.46. The minimum Gasteiger partial charge on any atom is -0.389 e. The third-order valence-corrected chi connectivity index (χ3v) is 5.04. The van der Waals surface area contributed by atoms with Crippen LogP contribution in [0.15, 0.2) is 0 Å². The van der Waals surface area contributed by atoms with Crippen molar-refractivity contribution in [1.82, 2.24) is 4.72 Å². The fraction of sp³-hybridized carbons (Fsp3) is 0.909. The van der Waals surface area contributed by atoms with Crippen molar-refractivity contribution in [2.45, 2.75) is 50.4 Å². The van der Waals surface area contributed by atoms with Crippen LogP contribution in [0, 0.1) is 17.2 Å². The normalized spacial score (nSPS) is 31.8. The van der Waals surface area contributed by atoms with Crippen molar-refractivity contribution in [3.8, 4) is 6.07 Å². The van der Waals surface area contributed by atoms with Crippen LogP contribution in [-0.2, 0) is 10.0 Å². The molecule has 0 aromatic heterocycles. The Bertz CT molecular complexity index is 391. The van der Waals surface area contributed by atoms with Crippen LogP contribution >= 0.6 is 0 Å². The molecule has 0 radical (unpaired) electrons. The average molecular weight is 260 g/mol. The maximum Gasteiger partial charge on any atom is 0.227 e. The van der Waals surface area contributed by atoms with E-state index in [0.29, 0.717) is 18.8 Å². The number of aliphatic hydroxyl groups is 1.